The van der Waals surface area contributed by atoms with Gasteiger partial charge in [-0.2, -0.15) is 8.42 Å². The van der Waals surface area contributed by atoms with Gasteiger partial charge in [0.1, 0.15) is 40.5 Å². The average molecular weight is 1310 g/mol. The van der Waals surface area contributed by atoms with Gasteiger partial charge in [-0.3, -0.25) is 18.9 Å². The SMILES string of the molecule is CCC(=O)OC1C(OC2C(C)C(OC3CC(C)(OC)C(O)C(C)O3)C(C)C(=O)OC(CC)C(C)(O)C(O)C(C)C(=O)C(C)CC2(C)O)OC(C)CC1N(C)C.CCCCCCCCCCCCOS(=O)(=O)O.COc1c(C(C)C)oc2cc3oc(=O)ccc3cc12. The van der Waals surface area contributed by atoms with Gasteiger partial charge < -0.3 is 72.1 Å². The maximum Gasteiger partial charge on any atom is 0.397 e. The molecule has 0 radical (unpaired) electrons. The zero-order valence-corrected chi connectivity index (χ0v) is 58.2. The molecule has 24 heteroatoms. The first-order chi connectivity index (χ1) is 42.5. The lowest BCUT2D eigenvalue weighted by Gasteiger charge is -2.49. The van der Waals surface area contributed by atoms with Gasteiger partial charge in [0.15, 0.2) is 24.4 Å². The quantitative estimate of drug-likeness (QED) is 0.0255. The first kappa shape index (κ1) is 79.3. The Hall–Kier alpha value is -4.15. The Kier molecular flexibility index (Phi) is 31.0. The van der Waals surface area contributed by atoms with Crippen LogP contribution < -0.4 is 10.4 Å². The molecule has 3 aliphatic rings. The van der Waals surface area contributed by atoms with E-state index < -0.39 is 124 Å². The number of rotatable bonds is 23. The molecule has 0 spiro atoms. The summed E-state index contributed by atoms with van der Waals surface area (Å²) in [6, 6.07) is 6.48. The molecule has 3 fully saturated rings. The van der Waals surface area contributed by atoms with Crippen molar-refractivity contribution in [3.05, 3.63) is 40.4 Å². The Morgan fingerprint density at radius 2 is 1.40 bits per heavy atom. The number of fused-ring (bicyclic) bond motifs is 2. The first-order valence-corrected chi connectivity index (χ1v) is 34.1. The highest BCUT2D eigenvalue weighted by molar-refractivity contribution is 7.80. The largest absolute Gasteiger partial charge is 0.492 e. The molecule has 18 unspecified atom stereocenters. The van der Waals surface area contributed by atoms with Crippen LogP contribution in [0.2, 0.25) is 0 Å². The third-order valence-corrected chi connectivity index (χ3v) is 18.7. The van der Waals surface area contributed by atoms with E-state index in [9.17, 15) is 48.0 Å². The van der Waals surface area contributed by atoms with Crippen molar-refractivity contribution in [2.75, 3.05) is 34.9 Å². The first-order valence-electron chi connectivity index (χ1n) is 32.8. The molecule has 3 saturated heterocycles. The minimum Gasteiger partial charge on any atom is -0.492 e. The highest BCUT2D eigenvalue weighted by Crippen LogP contribution is 2.43. The highest BCUT2D eigenvalue weighted by Gasteiger charge is 2.54. The van der Waals surface area contributed by atoms with Crippen molar-refractivity contribution in [3.8, 4) is 5.75 Å². The lowest BCUT2D eigenvalue weighted by Crippen LogP contribution is -2.61. The number of aliphatic hydroxyl groups excluding tert-OH is 2. The number of hydrogen-bond acceptors (Lipinski definition) is 22. The van der Waals surface area contributed by atoms with Gasteiger partial charge in [-0.1, -0.05) is 113 Å². The number of aliphatic hydroxyl groups is 4. The van der Waals surface area contributed by atoms with E-state index in [0.29, 0.717) is 24.0 Å². The number of likely N-dealkylation sites (N-methyl/N-ethyl adjacent to an activating group) is 1. The molecule has 3 aliphatic heterocycles. The number of ether oxygens (including phenoxy) is 8. The van der Waals surface area contributed by atoms with Gasteiger partial charge >= 0.3 is 28.0 Å². The van der Waals surface area contributed by atoms with Crippen LogP contribution in [0.4, 0.5) is 0 Å². The number of unbranched alkanes of at least 4 members (excludes halogenated alkanes) is 9. The Bertz CT molecular complexity index is 2910. The molecule has 1 aromatic carbocycles. The third kappa shape index (κ3) is 21.9. The smallest absolute Gasteiger partial charge is 0.397 e. The van der Waals surface area contributed by atoms with E-state index in [1.807, 2.05) is 45.8 Å². The monoisotopic (exact) mass is 1310 g/mol. The summed E-state index contributed by atoms with van der Waals surface area (Å²) in [5.74, 6) is -3.82. The molecule has 0 bridgehead atoms. The maximum atomic E-state index is 14.2. The van der Waals surface area contributed by atoms with Crippen LogP contribution in [0.25, 0.3) is 21.9 Å². The summed E-state index contributed by atoms with van der Waals surface area (Å²) in [5, 5.41) is 48.3. The molecule has 522 valence electrons. The van der Waals surface area contributed by atoms with Crippen LogP contribution in [-0.2, 0) is 62.1 Å². The lowest BCUT2D eigenvalue weighted by molar-refractivity contribution is -0.319. The number of carbonyl (C=O) groups excluding carboxylic acids is 3. The summed E-state index contributed by atoms with van der Waals surface area (Å²) >= 11 is 0. The molecule has 5 N–H and O–H groups in total. The Morgan fingerprint density at radius 1 is 0.780 bits per heavy atom. The predicted molar refractivity (Wildman–Crippen MR) is 343 cm³/mol. The number of furan rings is 1. The Labute approximate surface area is 539 Å². The van der Waals surface area contributed by atoms with Gasteiger partial charge in [-0.25, -0.2) is 8.98 Å². The highest BCUT2D eigenvalue weighted by atomic mass is 32.3. The molecule has 5 heterocycles. The van der Waals surface area contributed by atoms with Crippen molar-refractivity contribution in [1.82, 2.24) is 4.90 Å². The fraction of sp³-hybridized carbons (Fsp3) is 0.791. The molecule has 0 amide bonds. The van der Waals surface area contributed by atoms with Crippen molar-refractivity contribution in [1.29, 1.82) is 0 Å². The van der Waals surface area contributed by atoms with Gasteiger partial charge in [-0.05, 0) is 93.5 Å². The number of methoxy groups -OCH3 is 2. The van der Waals surface area contributed by atoms with Crippen LogP contribution in [0.15, 0.2) is 37.9 Å². The lowest BCUT2D eigenvalue weighted by atomic mass is 9.74. The third-order valence-electron chi connectivity index (χ3n) is 18.2. The van der Waals surface area contributed by atoms with Crippen LogP contribution in [0.3, 0.4) is 0 Å². The fourth-order valence-corrected chi connectivity index (χ4v) is 13.1. The molecule has 18 atom stereocenters. The normalized spacial score (nSPS) is 33.0. The summed E-state index contributed by atoms with van der Waals surface area (Å²) in [5.41, 5.74) is -4.10. The maximum absolute atomic E-state index is 14.2. The molecule has 0 aliphatic carbocycles. The second-order valence-electron chi connectivity index (χ2n) is 26.5. The summed E-state index contributed by atoms with van der Waals surface area (Å²) in [4.78, 5) is 54.1. The zero-order valence-electron chi connectivity index (χ0n) is 57.4. The van der Waals surface area contributed by atoms with E-state index in [1.165, 1.54) is 78.9 Å². The van der Waals surface area contributed by atoms with E-state index in [2.05, 4.69) is 11.1 Å². The fourth-order valence-electron chi connectivity index (χ4n) is 12.8. The molecule has 23 nitrogen and oxygen atoms in total. The number of nitrogens with zero attached hydrogens (tertiary/aromatic N) is 1. The molecular formula is C67H111NO22S. The van der Waals surface area contributed by atoms with E-state index in [-0.39, 0.29) is 56.0 Å². The second kappa shape index (κ2) is 35.6. The number of Topliss-reactive ketones (excluding diaryl/α,β-unsaturated/α-hetero) is 1. The van der Waals surface area contributed by atoms with E-state index in [0.717, 1.165) is 35.1 Å². The number of carbonyl (C=O) groups is 3. The molecule has 91 heavy (non-hydrogen) atoms. The van der Waals surface area contributed by atoms with Gasteiger partial charge in [0.25, 0.3) is 0 Å². The molecule has 3 aromatic rings. The number of benzene rings is 1. The number of ketones is 1. The number of hydrogen-bond donors (Lipinski definition) is 5. The standard InChI is InChI=1S/C40H71NO14.C15H14O4.C12H26O4S/c1-15-27-40(11,48)33(44)22(5)30(43)20(3)18-38(9,47)35(55-37-32(53-28(42)16-2)26(41(12)13)17-21(4)50-37)23(6)31(24(7)36(46)52-27)54-29-19-39(10,49-14)34(45)25(8)51-29;1-8(2)14-15(17-3)10-6-9-4-5-13(16)18-11(9)7-12(10)19-14;1-2-3-4-5-6-7-8-9-10-11-12-16-17(13,14)15/h20-27,29,31-35,37,44-45,47-48H,15-19H2,1-14H3;4-8H,1-3H3;2-12H2,1H3,(H,13,14,15). The Morgan fingerprint density at radius 3 is 1.95 bits per heavy atom. The van der Waals surface area contributed by atoms with Gasteiger partial charge in [0.2, 0.25) is 0 Å². The van der Waals surface area contributed by atoms with Crippen LogP contribution in [-0.4, -0.2) is 175 Å². The summed E-state index contributed by atoms with van der Waals surface area (Å²) in [6.07, 6.45) is 2.17. The van der Waals surface area contributed by atoms with Crippen molar-refractivity contribution in [3.63, 3.8) is 0 Å². The summed E-state index contributed by atoms with van der Waals surface area (Å²) < 4.78 is 93.0. The minimum atomic E-state index is -4.23. The van der Waals surface area contributed by atoms with Crippen LogP contribution >= 0.6 is 0 Å². The van der Waals surface area contributed by atoms with Crippen molar-refractivity contribution in [2.24, 2.45) is 23.7 Å². The molecule has 0 saturated carbocycles. The van der Waals surface area contributed by atoms with Gasteiger partial charge in [-0.15, -0.1) is 0 Å². The molecule has 6 rings (SSSR count). The van der Waals surface area contributed by atoms with Crippen LogP contribution in [0.1, 0.15) is 205 Å². The van der Waals surface area contributed by atoms with E-state index in [4.69, 9.17) is 51.3 Å². The number of esters is 2. The number of cyclic esters (lactones) is 1. The van der Waals surface area contributed by atoms with Gasteiger partial charge in [0, 0.05) is 61.1 Å². The molecular weight excluding hydrogens is 1200 g/mol. The van der Waals surface area contributed by atoms with Crippen molar-refractivity contribution in [2.45, 2.75) is 283 Å². The molecule has 2 aromatic heterocycles. The Balaban J connectivity index is 0.000000393. The van der Waals surface area contributed by atoms with Crippen LogP contribution in [0, 0.1) is 23.7 Å². The zero-order chi connectivity index (χ0) is 68.5. The van der Waals surface area contributed by atoms with Crippen LogP contribution in [0.5, 0.6) is 5.75 Å². The summed E-state index contributed by atoms with van der Waals surface area (Å²) in [6.45, 7) is 24.4. The van der Waals surface area contributed by atoms with E-state index >= 15 is 0 Å². The predicted octanol–water partition coefficient (Wildman–Crippen LogP) is 10.1. The second-order valence-corrected chi connectivity index (χ2v) is 27.6. The van der Waals surface area contributed by atoms with E-state index in [1.54, 1.807) is 67.7 Å². The summed E-state index contributed by atoms with van der Waals surface area (Å²) in [7, 11) is 2.60. The van der Waals surface area contributed by atoms with Crippen molar-refractivity contribution < 1.29 is 98.7 Å². The average Bonchev–Trinajstić information content (AvgIpc) is 1.80. The van der Waals surface area contributed by atoms with Gasteiger partial charge in [0.05, 0.1) is 72.8 Å². The topological polar surface area (TPSA) is 316 Å². The van der Waals surface area contributed by atoms with Crippen molar-refractivity contribution >= 4 is 50.1 Å². The minimum absolute atomic E-state index is 0.0760.